The Hall–Kier alpha value is -1.04. The summed E-state index contributed by atoms with van der Waals surface area (Å²) in [6.45, 7) is 0. The second-order valence-corrected chi connectivity index (χ2v) is 1.82. The van der Waals surface area contributed by atoms with Crippen molar-refractivity contribution in [2.75, 3.05) is 7.11 Å². The van der Waals surface area contributed by atoms with Crippen LogP contribution < -0.4 is 4.74 Å². The number of hydrogen-bond donors (Lipinski definition) is 2. The fraction of sp³-hybridized carbons (Fsp3) is 0.250. The molecular weight excluding hydrogens is 154 g/mol. The zero-order chi connectivity index (χ0) is 7.56. The number of ether oxygens (including phenoxy) is 1. The second kappa shape index (κ2) is 2.70. The van der Waals surface area contributed by atoms with Gasteiger partial charge >= 0.3 is 12.0 Å². The van der Waals surface area contributed by atoms with Crippen molar-refractivity contribution in [1.82, 2.24) is 15.0 Å². The van der Waals surface area contributed by atoms with Gasteiger partial charge in [0.2, 0.25) is 0 Å². The molecule has 0 fully saturated rings. The van der Waals surface area contributed by atoms with Gasteiger partial charge in [0.05, 0.1) is 7.11 Å². The molecule has 0 bridgehead atoms. The van der Waals surface area contributed by atoms with Crippen molar-refractivity contribution in [2.45, 2.75) is 5.16 Å². The largest absolute Gasteiger partial charge is 0.479 e. The normalized spacial score (nSPS) is 9.40. The lowest BCUT2D eigenvalue weighted by atomic mass is 11.0. The molecule has 0 amide bonds. The summed E-state index contributed by atoms with van der Waals surface area (Å²) < 4.78 is 4.60. The molecular formula is C4H5N3O2S. The summed E-state index contributed by atoms with van der Waals surface area (Å²) in [7, 11) is 1.39. The van der Waals surface area contributed by atoms with Crippen LogP contribution in [0.15, 0.2) is 5.16 Å². The maximum absolute atomic E-state index is 8.73. The van der Waals surface area contributed by atoms with Crippen LogP contribution in [0.4, 0.5) is 0 Å². The van der Waals surface area contributed by atoms with Crippen molar-refractivity contribution in [3.8, 4) is 12.0 Å². The van der Waals surface area contributed by atoms with Crippen LogP contribution in [0.5, 0.6) is 12.0 Å². The van der Waals surface area contributed by atoms with Gasteiger partial charge in [0.25, 0.3) is 0 Å². The zero-order valence-electron chi connectivity index (χ0n) is 5.14. The van der Waals surface area contributed by atoms with E-state index in [1.807, 2.05) is 0 Å². The molecule has 0 aliphatic carbocycles. The maximum atomic E-state index is 8.73. The molecule has 1 heterocycles. The van der Waals surface area contributed by atoms with Crippen LogP contribution in [0.2, 0.25) is 0 Å². The Morgan fingerprint density at radius 2 is 2.10 bits per heavy atom. The topological polar surface area (TPSA) is 68.1 Å². The monoisotopic (exact) mass is 159 g/mol. The van der Waals surface area contributed by atoms with E-state index in [-0.39, 0.29) is 11.2 Å². The first-order chi connectivity index (χ1) is 4.72. The van der Waals surface area contributed by atoms with Crippen LogP contribution in [-0.4, -0.2) is 27.2 Å². The van der Waals surface area contributed by atoms with Gasteiger partial charge in [-0.1, -0.05) is 0 Å². The first-order valence-electron chi connectivity index (χ1n) is 2.40. The van der Waals surface area contributed by atoms with Crippen molar-refractivity contribution in [3.05, 3.63) is 0 Å². The highest BCUT2D eigenvalue weighted by Crippen LogP contribution is 2.08. The van der Waals surface area contributed by atoms with Gasteiger partial charge in [-0.15, -0.1) is 17.6 Å². The van der Waals surface area contributed by atoms with E-state index >= 15 is 0 Å². The minimum absolute atomic E-state index is 0.0532. The minimum atomic E-state index is -0.392. The Morgan fingerprint density at radius 1 is 1.40 bits per heavy atom. The average molecular weight is 159 g/mol. The molecule has 6 heteroatoms. The number of hydrogen-bond acceptors (Lipinski definition) is 6. The molecule has 1 rings (SSSR count). The van der Waals surface area contributed by atoms with E-state index in [1.54, 1.807) is 0 Å². The van der Waals surface area contributed by atoms with Crippen LogP contribution in [0.3, 0.4) is 0 Å². The van der Waals surface area contributed by atoms with Crippen molar-refractivity contribution in [1.29, 1.82) is 0 Å². The summed E-state index contributed by atoms with van der Waals surface area (Å²) in [6, 6.07) is -0.339. The zero-order valence-corrected chi connectivity index (χ0v) is 6.04. The first-order valence-corrected chi connectivity index (χ1v) is 2.85. The van der Waals surface area contributed by atoms with Crippen molar-refractivity contribution < 1.29 is 9.84 Å². The molecule has 0 aliphatic heterocycles. The fourth-order valence-corrected chi connectivity index (χ4v) is 0.602. The van der Waals surface area contributed by atoms with E-state index in [0.717, 1.165) is 0 Å². The van der Waals surface area contributed by atoms with Crippen LogP contribution >= 0.6 is 12.6 Å². The van der Waals surface area contributed by atoms with Gasteiger partial charge in [-0.25, -0.2) is 0 Å². The van der Waals surface area contributed by atoms with Crippen LogP contribution in [-0.2, 0) is 0 Å². The lowest BCUT2D eigenvalue weighted by molar-refractivity contribution is 0.347. The van der Waals surface area contributed by atoms with E-state index in [1.165, 1.54) is 7.11 Å². The van der Waals surface area contributed by atoms with Crippen molar-refractivity contribution in [3.63, 3.8) is 0 Å². The molecule has 0 aromatic carbocycles. The van der Waals surface area contributed by atoms with Gasteiger partial charge in [0.15, 0.2) is 5.16 Å². The molecule has 1 aromatic heterocycles. The SMILES string of the molecule is COc1nc(O)nc(S)n1. The fourth-order valence-electron chi connectivity index (χ4n) is 0.427. The van der Waals surface area contributed by atoms with E-state index < -0.39 is 6.01 Å². The Kier molecular flexibility index (Phi) is 1.91. The van der Waals surface area contributed by atoms with E-state index in [9.17, 15) is 0 Å². The van der Waals surface area contributed by atoms with Crippen LogP contribution in [0, 0.1) is 0 Å². The number of aromatic hydroxyl groups is 1. The molecule has 0 saturated carbocycles. The predicted octanol–water partition coefficient (Wildman–Crippen LogP) is -0.126. The predicted molar refractivity (Wildman–Crippen MR) is 35.3 cm³/mol. The lowest BCUT2D eigenvalue weighted by Gasteiger charge is -1.96. The van der Waals surface area contributed by atoms with Crippen molar-refractivity contribution >= 4 is 12.6 Å². The summed E-state index contributed by atoms with van der Waals surface area (Å²) in [5.74, 6) is 0. The molecule has 1 aromatic rings. The van der Waals surface area contributed by atoms with Gasteiger partial charge < -0.3 is 9.84 Å². The molecule has 0 radical (unpaired) electrons. The number of methoxy groups -OCH3 is 1. The third kappa shape index (κ3) is 1.47. The summed E-state index contributed by atoms with van der Waals surface area (Å²) in [4.78, 5) is 10.4. The molecule has 54 valence electrons. The lowest BCUT2D eigenvalue weighted by Crippen LogP contribution is -1.94. The Bertz CT molecular complexity index is 222. The molecule has 1 N–H and O–H groups in total. The second-order valence-electron chi connectivity index (χ2n) is 1.42. The van der Waals surface area contributed by atoms with E-state index in [0.29, 0.717) is 0 Å². The molecule has 5 nitrogen and oxygen atoms in total. The van der Waals surface area contributed by atoms with Crippen LogP contribution in [0.1, 0.15) is 0 Å². The molecule has 0 atom stereocenters. The molecule has 0 spiro atoms. The highest BCUT2D eigenvalue weighted by Gasteiger charge is 2.00. The molecule has 0 saturated heterocycles. The summed E-state index contributed by atoms with van der Waals surface area (Å²) in [6.07, 6.45) is 0. The van der Waals surface area contributed by atoms with E-state index in [4.69, 9.17) is 5.11 Å². The standard InChI is InChI=1S/C4H5N3O2S/c1-9-3-5-2(8)6-4(10)7-3/h1H3,(H2,5,6,7,8,10). The Balaban J connectivity index is 3.06. The number of rotatable bonds is 1. The van der Waals surface area contributed by atoms with Gasteiger partial charge in [0.1, 0.15) is 0 Å². The highest BCUT2D eigenvalue weighted by molar-refractivity contribution is 7.80. The number of aromatic nitrogens is 3. The van der Waals surface area contributed by atoms with Crippen molar-refractivity contribution in [2.24, 2.45) is 0 Å². The summed E-state index contributed by atoms with van der Waals surface area (Å²) >= 11 is 3.78. The summed E-state index contributed by atoms with van der Waals surface area (Å²) in [5.41, 5.74) is 0. The van der Waals surface area contributed by atoms with Crippen LogP contribution in [0.25, 0.3) is 0 Å². The molecule has 10 heavy (non-hydrogen) atoms. The maximum Gasteiger partial charge on any atom is 0.323 e. The highest BCUT2D eigenvalue weighted by atomic mass is 32.1. The quantitative estimate of drug-likeness (QED) is 0.559. The Morgan fingerprint density at radius 3 is 2.60 bits per heavy atom. The average Bonchev–Trinajstić information content (AvgIpc) is 1.85. The van der Waals surface area contributed by atoms with Gasteiger partial charge in [-0.05, 0) is 0 Å². The third-order valence-electron chi connectivity index (χ3n) is 0.774. The molecule has 0 aliphatic rings. The van der Waals surface area contributed by atoms with E-state index in [2.05, 4.69) is 32.3 Å². The van der Waals surface area contributed by atoms with Gasteiger partial charge in [0, 0.05) is 0 Å². The van der Waals surface area contributed by atoms with Gasteiger partial charge in [-0.2, -0.15) is 9.97 Å². The van der Waals surface area contributed by atoms with Gasteiger partial charge in [-0.3, -0.25) is 0 Å². The number of nitrogens with zero attached hydrogens (tertiary/aromatic N) is 3. The Labute approximate surface area is 62.5 Å². The third-order valence-corrected chi connectivity index (χ3v) is 0.974. The smallest absolute Gasteiger partial charge is 0.323 e. The summed E-state index contributed by atoms with van der Waals surface area (Å²) in [5, 5.41) is 8.86. The number of thiol groups is 1. The first kappa shape index (κ1) is 7.07. The molecule has 0 unspecified atom stereocenters. The minimum Gasteiger partial charge on any atom is -0.479 e.